The van der Waals surface area contributed by atoms with Gasteiger partial charge in [0, 0.05) is 5.56 Å². The first kappa shape index (κ1) is 15.4. The van der Waals surface area contributed by atoms with Gasteiger partial charge in [-0.15, -0.1) is 10.2 Å². The zero-order valence-electron chi connectivity index (χ0n) is 12.9. The molecule has 0 N–H and O–H groups in total. The standard InChI is InChI=1S/C17H23N3O/c1-3-5-6-10-13-21-17-15(4-2)18-20-19-16(17)14-11-8-7-9-12-14/h7-9,11-12H,3-6,10,13H2,1-2H3. The first-order chi connectivity index (χ1) is 10.4. The molecule has 21 heavy (non-hydrogen) atoms. The lowest BCUT2D eigenvalue weighted by Crippen LogP contribution is -2.06. The van der Waals surface area contributed by atoms with Crippen LogP contribution in [0.15, 0.2) is 30.3 Å². The molecule has 0 radical (unpaired) electrons. The zero-order chi connectivity index (χ0) is 14.9. The molecule has 0 spiro atoms. The van der Waals surface area contributed by atoms with Crippen LogP contribution in [-0.4, -0.2) is 22.0 Å². The Balaban J connectivity index is 2.17. The highest BCUT2D eigenvalue weighted by Crippen LogP contribution is 2.29. The fourth-order valence-corrected chi connectivity index (χ4v) is 2.22. The van der Waals surface area contributed by atoms with Gasteiger partial charge in [0.1, 0.15) is 11.4 Å². The van der Waals surface area contributed by atoms with Gasteiger partial charge < -0.3 is 4.74 Å². The van der Waals surface area contributed by atoms with Gasteiger partial charge in [0.05, 0.1) is 6.61 Å². The van der Waals surface area contributed by atoms with Gasteiger partial charge in [-0.1, -0.05) is 63.4 Å². The van der Waals surface area contributed by atoms with Crippen LogP contribution in [0.3, 0.4) is 0 Å². The number of unbranched alkanes of at least 4 members (excludes halogenated alkanes) is 3. The van der Waals surface area contributed by atoms with Crippen molar-refractivity contribution in [1.29, 1.82) is 0 Å². The van der Waals surface area contributed by atoms with Crippen LogP contribution in [0.1, 0.15) is 45.2 Å². The molecule has 0 bridgehead atoms. The lowest BCUT2D eigenvalue weighted by atomic mass is 10.1. The Bertz CT molecular complexity index is 543. The quantitative estimate of drug-likeness (QED) is 0.686. The van der Waals surface area contributed by atoms with Crippen LogP contribution in [0.4, 0.5) is 0 Å². The SMILES string of the molecule is CCCCCCOc1c(CC)nnnc1-c1ccccc1. The number of hydrogen-bond acceptors (Lipinski definition) is 4. The van der Waals surface area contributed by atoms with E-state index in [0.29, 0.717) is 6.61 Å². The van der Waals surface area contributed by atoms with Gasteiger partial charge >= 0.3 is 0 Å². The fourth-order valence-electron chi connectivity index (χ4n) is 2.22. The molecule has 0 aliphatic heterocycles. The van der Waals surface area contributed by atoms with Crippen LogP contribution in [0, 0.1) is 0 Å². The Kier molecular flexibility index (Phi) is 6.13. The first-order valence-electron chi connectivity index (χ1n) is 7.77. The van der Waals surface area contributed by atoms with Crippen LogP contribution < -0.4 is 4.74 Å². The van der Waals surface area contributed by atoms with E-state index in [0.717, 1.165) is 35.5 Å². The third-order valence-electron chi connectivity index (χ3n) is 3.41. The van der Waals surface area contributed by atoms with Crippen molar-refractivity contribution >= 4 is 0 Å². The molecular formula is C17H23N3O. The summed E-state index contributed by atoms with van der Waals surface area (Å²) >= 11 is 0. The van der Waals surface area contributed by atoms with Crippen LogP contribution in [0.25, 0.3) is 11.3 Å². The average molecular weight is 285 g/mol. The summed E-state index contributed by atoms with van der Waals surface area (Å²) < 4.78 is 6.00. The molecule has 0 aliphatic rings. The molecule has 4 heteroatoms. The summed E-state index contributed by atoms with van der Waals surface area (Å²) in [6.45, 7) is 4.98. The number of aromatic nitrogens is 3. The third-order valence-corrected chi connectivity index (χ3v) is 3.41. The summed E-state index contributed by atoms with van der Waals surface area (Å²) in [6, 6.07) is 10.0. The van der Waals surface area contributed by atoms with E-state index in [4.69, 9.17) is 4.74 Å². The average Bonchev–Trinajstić information content (AvgIpc) is 2.55. The second-order valence-corrected chi connectivity index (χ2v) is 5.04. The van der Waals surface area contributed by atoms with Crippen molar-refractivity contribution in [3.8, 4) is 17.0 Å². The monoisotopic (exact) mass is 285 g/mol. The molecule has 2 aromatic rings. The Labute approximate surface area is 126 Å². The van der Waals surface area contributed by atoms with Crippen molar-refractivity contribution in [1.82, 2.24) is 15.4 Å². The van der Waals surface area contributed by atoms with Crippen molar-refractivity contribution in [2.45, 2.75) is 46.0 Å². The van der Waals surface area contributed by atoms with Crippen LogP contribution in [-0.2, 0) is 6.42 Å². The van der Waals surface area contributed by atoms with Crippen LogP contribution in [0.2, 0.25) is 0 Å². The van der Waals surface area contributed by atoms with E-state index in [1.54, 1.807) is 0 Å². The second-order valence-electron chi connectivity index (χ2n) is 5.04. The summed E-state index contributed by atoms with van der Waals surface area (Å²) in [4.78, 5) is 0. The summed E-state index contributed by atoms with van der Waals surface area (Å²) in [5.41, 5.74) is 2.68. The van der Waals surface area contributed by atoms with Gasteiger partial charge in [-0.3, -0.25) is 0 Å². The van der Waals surface area contributed by atoms with Gasteiger partial charge in [0.15, 0.2) is 5.75 Å². The van der Waals surface area contributed by atoms with E-state index >= 15 is 0 Å². The predicted octanol–water partition coefficient (Wildman–Crippen LogP) is 4.06. The Morgan fingerprint density at radius 1 is 0.952 bits per heavy atom. The highest BCUT2D eigenvalue weighted by molar-refractivity contribution is 5.66. The minimum absolute atomic E-state index is 0.709. The van der Waals surface area contributed by atoms with Crippen molar-refractivity contribution in [2.75, 3.05) is 6.61 Å². The highest BCUT2D eigenvalue weighted by atomic mass is 16.5. The molecule has 1 aromatic heterocycles. The van der Waals surface area contributed by atoms with E-state index in [2.05, 4.69) is 29.3 Å². The Morgan fingerprint density at radius 3 is 2.48 bits per heavy atom. The van der Waals surface area contributed by atoms with E-state index in [9.17, 15) is 0 Å². The summed E-state index contributed by atoms with van der Waals surface area (Å²) in [7, 11) is 0. The normalized spacial score (nSPS) is 10.6. The Morgan fingerprint density at radius 2 is 1.76 bits per heavy atom. The number of hydrogen-bond donors (Lipinski definition) is 0. The van der Waals surface area contributed by atoms with E-state index in [1.807, 2.05) is 30.3 Å². The van der Waals surface area contributed by atoms with Crippen LogP contribution in [0.5, 0.6) is 5.75 Å². The smallest absolute Gasteiger partial charge is 0.170 e. The lowest BCUT2D eigenvalue weighted by molar-refractivity contribution is 0.299. The van der Waals surface area contributed by atoms with Crippen molar-refractivity contribution < 1.29 is 4.74 Å². The number of benzene rings is 1. The maximum absolute atomic E-state index is 6.00. The van der Waals surface area contributed by atoms with Gasteiger partial charge in [0.25, 0.3) is 0 Å². The molecule has 0 fully saturated rings. The van der Waals surface area contributed by atoms with Gasteiger partial charge in [-0.2, -0.15) is 0 Å². The molecular weight excluding hydrogens is 262 g/mol. The lowest BCUT2D eigenvalue weighted by Gasteiger charge is -2.12. The second kappa shape index (κ2) is 8.35. The summed E-state index contributed by atoms with van der Waals surface area (Å²) in [5, 5.41) is 12.2. The third kappa shape index (κ3) is 4.25. The van der Waals surface area contributed by atoms with Crippen molar-refractivity contribution in [3.63, 3.8) is 0 Å². The molecule has 2 rings (SSSR count). The molecule has 1 heterocycles. The first-order valence-corrected chi connectivity index (χ1v) is 7.77. The maximum atomic E-state index is 6.00. The fraction of sp³-hybridized carbons (Fsp3) is 0.471. The van der Waals surface area contributed by atoms with Gasteiger partial charge in [0.2, 0.25) is 0 Å². The van der Waals surface area contributed by atoms with E-state index in [1.165, 1.54) is 19.3 Å². The predicted molar refractivity (Wildman–Crippen MR) is 84.3 cm³/mol. The molecule has 0 saturated heterocycles. The molecule has 0 amide bonds. The van der Waals surface area contributed by atoms with Gasteiger partial charge in [-0.25, -0.2) is 0 Å². The Hall–Kier alpha value is -1.97. The largest absolute Gasteiger partial charge is 0.489 e. The number of ether oxygens (including phenoxy) is 1. The topological polar surface area (TPSA) is 47.9 Å². The molecule has 0 unspecified atom stereocenters. The number of rotatable bonds is 8. The summed E-state index contributed by atoms with van der Waals surface area (Å²) in [6.07, 6.45) is 5.54. The molecule has 0 atom stereocenters. The minimum Gasteiger partial charge on any atom is -0.489 e. The van der Waals surface area contributed by atoms with Crippen LogP contribution >= 0.6 is 0 Å². The maximum Gasteiger partial charge on any atom is 0.170 e. The number of aryl methyl sites for hydroxylation is 1. The molecule has 1 aromatic carbocycles. The minimum atomic E-state index is 0.709. The molecule has 0 saturated carbocycles. The van der Waals surface area contributed by atoms with Crippen molar-refractivity contribution in [3.05, 3.63) is 36.0 Å². The van der Waals surface area contributed by atoms with E-state index in [-0.39, 0.29) is 0 Å². The zero-order valence-corrected chi connectivity index (χ0v) is 12.9. The molecule has 4 nitrogen and oxygen atoms in total. The van der Waals surface area contributed by atoms with Gasteiger partial charge in [-0.05, 0) is 18.1 Å². The summed E-state index contributed by atoms with van der Waals surface area (Å²) in [5.74, 6) is 0.787. The molecule has 112 valence electrons. The van der Waals surface area contributed by atoms with E-state index < -0.39 is 0 Å². The number of nitrogens with zero attached hydrogens (tertiary/aromatic N) is 3. The van der Waals surface area contributed by atoms with Crippen molar-refractivity contribution in [2.24, 2.45) is 0 Å². The molecule has 0 aliphatic carbocycles. The highest BCUT2D eigenvalue weighted by Gasteiger charge is 2.14.